The number of aryl methyl sites for hydroxylation is 2. The molecule has 1 aliphatic heterocycles. The lowest BCUT2D eigenvalue weighted by atomic mass is 9.97. The van der Waals surface area contributed by atoms with Crippen LogP contribution in [-0.2, 0) is 18.7 Å². The minimum Gasteiger partial charge on any atom is -0.384 e. The van der Waals surface area contributed by atoms with Crippen LogP contribution in [0.2, 0.25) is 0 Å². The highest BCUT2D eigenvalue weighted by molar-refractivity contribution is 5.20. The summed E-state index contributed by atoms with van der Waals surface area (Å²) in [6.07, 6.45) is 4.23. The molecule has 1 fully saturated rings. The van der Waals surface area contributed by atoms with Gasteiger partial charge < -0.3 is 9.63 Å². The molecule has 3 heterocycles. The van der Waals surface area contributed by atoms with Gasteiger partial charge in [-0.3, -0.25) is 9.58 Å². The Morgan fingerprint density at radius 1 is 1.38 bits per heavy atom. The Bertz CT molecular complexity index is 666. The zero-order chi connectivity index (χ0) is 17.3. The maximum absolute atomic E-state index is 10.0. The average molecular weight is 333 g/mol. The van der Waals surface area contributed by atoms with Gasteiger partial charge in [-0.25, -0.2) is 0 Å². The van der Waals surface area contributed by atoms with Crippen molar-refractivity contribution in [1.29, 1.82) is 0 Å². The van der Waals surface area contributed by atoms with Gasteiger partial charge >= 0.3 is 0 Å². The summed E-state index contributed by atoms with van der Waals surface area (Å²) < 4.78 is 7.13. The Morgan fingerprint density at radius 3 is 2.79 bits per heavy atom. The molecule has 132 valence electrons. The molecule has 0 radical (unpaired) electrons. The van der Waals surface area contributed by atoms with Crippen LogP contribution in [-0.4, -0.2) is 43.2 Å². The number of likely N-dealkylation sites (tertiary alicyclic amines) is 1. The van der Waals surface area contributed by atoms with Crippen LogP contribution in [0.5, 0.6) is 0 Å². The quantitative estimate of drug-likeness (QED) is 0.902. The van der Waals surface area contributed by atoms with E-state index in [1.165, 1.54) is 18.4 Å². The van der Waals surface area contributed by atoms with Crippen molar-refractivity contribution < 1.29 is 9.63 Å². The summed E-state index contributed by atoms with van der Waals surface area (Å²) in [5.74, 6) is 1.45. The number of rotatable bonds is 5. The van der Waals surface area contributed by atoms with Crippen LogP contribution in [0.1, 0.15) is 49.4 Å². The van der Waals surface area contributed by atoms with E-state index in [1.54, 1.807) is 13.8 Å². The smallest absolute Gasteiger partial charge is 0.138 e. The van der Waals surface area contributed by atoms with Crippen molar-refractivity contribution in [1.82, 2.24) is 25.1 Å². The fourth-order valence-electron chi connectivity index (χ4n) is 3.33. The second-order valence-electron chi connectivity index (χ2n) is 7.43. The van der Waals surface area contributed by atoms with Crippen molar-refractivity contribution >= 4 is 0 Å². The first-order valence-corrected chi connectivity index (χ1v) is 8.60. The minimum absolute atomic E-state index is 0.538. The largest absolute Gasteiger partial charge is 0.384 e. The molecule has 1 N–H and O–H groups in total. The van der Waals surface area contributed by atoms with Gasteiger partial charge in [-0.15, -0.1) is 5.10 Å². The van der Waals surface area contributed by atoms with Gasteiger partial charge in [0.2, 0.25) is 0 Å². The zero-order valence-corrected chi connectivity index (χ0v) is 15.0. The molecule has 0 spiro atoms. The van der Waals surface area contributed by atoms with Crippen LogP contribution in [0, 0.1) is 19.8 Å². The molecular weight excluding hydrogens is 306 g/mol. The fraction of sp³-hybridized carbons (Fsp3) is 0.706. The SMILES string of the molecule is Cc1noc(C)c1CN1CCCC(Cn2cc(C(C)(C)O)nn2)C1. The Labute approximate surface area is 142 Å². The molecule has 0 amide bonds. The molecule has 7 nitrogen and oxygen atoms in total. The molecule has 1 saturated heterocycles. The lowest BCUT2D eigenvalue weighted by Crippen LogP contribution is -2.36. The van der Waals surface area contributed by atoms with E-state index in [9.17, 15) is 5.11 Å². The van der Waals surface area contributed by atoms with Gasteiger partial charge in [0.05, 0.1) is 11.9 Å². The van der Waals surface area contributed by atoms with Crippen molar-refractivity contribution in [2.75, 3.05) is 13.1 Å². The van der Waals surface area contributed by atoms with Crippen molar-refractivity contribution in [3.8, 4) is 0 Å². The lowest BCUT2D eigenvalue weighted by molar-refractivity contribution is 0.0737. The number of hydrogen-bond donors (Lipinski definition) is 1. The number of aliphatic hydroxyl groups is 1. The van der Waals surface area contributed by atoms with E-state index in [4.69, 9.17) is 4.52 Å². The van der Waals surface area contributed by atoms with E-state index in [1.807, 2.05) is 24.7 Å². The van der Waals surface area contributed by atoms with Crippen LogP contribution in [0.25, 0.3) is 0 Å². The molecule has 24 heavy (non-hydrogen) atoms. The topological polar surface area (TPSA) is 80.2 Å². The van der Waals surface area contributed by atoms with Crippen molar-refractivity contribution in [3.05, 3.63) is 28.9 Å². The molecule has 0 saturated carbocycles. The molecule has 1 aliphatic rings. The average Bonchev–Trinajstić information content (AvgIpc) is 3.10. The lowest BCUT2D eigenvalue weighted by Gasteiger charge is -2.32. The molecule has 0 bridgehead atoms. The van der Waals surface area contributed by atoms with Gasteiger partial charge in [0.1, 0.15) is 17.1 Å². The Balaban J connectivity index is 1.60. The number of nitrogens with zero attached hydrogens (tertiary/aromatic N) is 5. The molecule has 0 aliphatic carbocycles. The van der Waals surface area contributed by atoms with Crippen LogP contribution in [0.3, 0.4) is 0 Å². The van der Waals surface area contributed by atoms with Gasteiger partial charge in [-0.05, 0) is 53.0 Å². The minimum atomic E-state index is -0.944. The molecule has 0 aromatic carbocycles. The van der Waals surface area contributed by atoms with Crippen LogP contribution in [0.15, 0.2) is 10.7 Å². The third-order valence-electron chi connectivity index (χ3n) is 4.78. The van der Waals surface area contributed by atoms with Crippen molar-refractivity contribution in [3.63, 3.8) is 0 Å². The summed E-state index contributed by atoms with van der Waals surface area (Å²) in [5, 5.41) is 22.3. The van der Waals surface area contributed by atoms with E-state index in [-0.39, 0.29) is 0 Å². The normalized spacial score (nSPS) is 19.8. The van der Waals surface area contributed by atoms with Gasteiger partial charge in [0, 0.05) is 25.2 Å². The van der Waals surface area contributed by atoms with Gasteiger partial charge in [-0.1, -0.05) is 10.4 Å². The first kappa shape index (κ1) is 17.1. The summed E-state index contributed by atoms with van der Waals surface area (Å²) in [6, 6.07) is 0. The van der Waals surface area contributed by atoms with E-state index in [2.05, 4.69) is 20.4 Å². The third-order valence-corrected chi connectivity index (χ3v) is 4.78. The van der Waals surface area contributed by atoms with E-state index in [0.29, 0.717) is 11.6 Å². The number of hydrogen-bond acceptors (Lipinski definition) is 6. The summed E-state index contributed by atoms with van der Waals surface area (Å²) >= 11 is 0. The highest BCUT2D eigenvalue weighted by atomic mass is 16.5. The first-order valence-electron chi connectivity index (χ1n) is 8.60. The third kappa shape index (κ3) is 3.84. The molecule has 1 atom stereocenters. The first-order chi connectivity index (χ1) is 11.3. The highest BCUT2D eigenvalue weighted by Crippen LogP contribution is 2.23. The van der Waals surface area contributed by atoms with E-state index in [0.717, 1.165) is 37.6 Å². The second-order valence-corrected chi connectivity index (χ2v) is 7.43. The summed E-state index contributed by atoms with van der Waals surface area (Å²) in [5.41, 5.74) is 1.87. The molecule has 1 unspecified atom stereocenters. The van der Waals surface area contributed by atoms with E-state index < -0.39 is 5.60 Å². The molecule has 3 rings (SSSR count). The number of aromatic nitrogens is 4. The monoisotopic (exact) mass is 333 g/mol. The van der Waals surface area contributed by atoms with E-state index >= 15 is 0 Å². The van der Waals surface area contributed by atoms with Crippen LogP contribution >= 0.6 is 0 Å². The highest BCUT2D eigenvalue weighted by Gasteiger charge is 2.24. The summed E-state index contributed by atoms with van der Waals surface area (Å²) in [7, 11) is 0. The maximum atomic E-state index is 10.0. The van der Waals surface area contributed by atoms with Gasteiger partial charge in [0.15, 0.2) is 0 Å². The predicted octanol–water partition coefficient (Wildman–Crippen LogP) is 2.02. The predicted molar refractivity (Wildman–Crippen MR) is 89.2 cm³/mol. The Kier molecular flexibility index (Phi) is 4.73. The van der Waals surface area contributed by atoms with Crippen LogP contribution < -0.4 is 0 Å². The summed E-state index contributed by atoms with van der Waals surface area (Å²) in [6.45, 7) is 11.3. The molecule has 2 aromatic rings. The zero-order valence-electron chi connectivity index (χ0n) is 15.0. The molecule has 2 aromatic heterocycles. The Hall–Kier alpha value is -1.73. The number of piperidine rings is 1. The maximum Gasteiger partial charge on any atom is 0.138 e. The second kappa shape index (κ2) is 6.64. The molecular formula is C17H27N5O2. The fourth-order valence-corrected chi connectivity index (χ4v) is 3.33. The van der Waals surface area contributed by atoms with Crippen LogP contribution in [0.4, 0.5) is 0 Å². The Morgan fingerprint density at radius 2 is 2.17 bits per heavy atom. The standard InChI is InChI=1S/C17H27N5O2/c1-12-15(13(2)24-19-12)10-21-7-5-6-14(8-21)9-22-11-16(18-20-22)17(3,4)23/h11,14,23H,5-10H2,1-4H3. The van der Waals surface area contributed by atoms with Crippen molar-refractivity contribution in [2.45, 2.75) is 59.2 Å². The van der Waals surface area contributed by atoms with Crippen molar-refractivity contribution in [2.24, 2.45) is 5.92 Å². The molecule has 7 heteroatoms. The van der Waals surface area contributed by atoms with Gasteiger partial charge in [0.25, 0.3) is 0 Å². The van der Waals surface area contributed by atoms with Gasteiger partial charge in [-0.2, -0.15) is 0 Å². The summed E-state index contributed by atoms with van der Waals surface area (Å²) in [4.78, 5) is 2.47.